The number of pyridine rings is 1. The van der Waals surface area contributed by atoms with Gasteiger partial charge in [-0.15, -0.1) is 0 Å². The van der Waals surface area contributed by atoms with Gasteiger partial charge < -0.3 is 16.5 Å². The average molecular weight is 350 g/mol. The highest BCUT2D eigenvalue weighted by Crippen LogP contribution is 2.24. The molecule has 0 fully saturated rings. The number of H-pyrrole nitrogens is 1. The molecule has 0 unspecified atom stereocenters. The van der Waals surface area contributed by atoms with E-state index < -0.39 is 11.8 Å². The van der Waals surface area contributed by atoms with Crippen molar-refractivity contribution in [2.45, 2.75) is 19.3 Å². The second-order valence-electron chi connectivity index (χ2n) is 6.02. The molecule has 2 heterocycles. The van der Waals surface area contributed by atoms with E-state index in [1.807, 2.05) is 12.1 Å². The molecule has 26 heavy (non-hydrogen) atoms. The fourth-order valence-electron chi connectivity index (χ4n) is 2.97. The molecule has 2 amide bonds. The van der Waals surface area contributed by atoms with Crippen LogP contribution in [0.1, 0.15) is 38.4 Å². The fraction of sp³-hybridized carbons (Fsp3) is 0.158. The first kappa shape index (κ1) is 17.3. The Morgan fingerprint density at radius 2 is 1.77 bits per heavy atom. The number of Topliss-reactive ketones (excluding diaryl/α,β-unsaturated/α-hetero) is 1. The number of nitrogens with two attached hydrogens (primary N) is 2. The van der Waals surface area contributed by atoms with Gasteiger partial charge in [-0.3, -0.25) is 19.4 Å². The van der Waals surface area contributed by atoms with Gasteiger partial charge in [-0.25, -0.2) is 0 Å². The highest BCUT2D eigenvalue weighted by molar-refractivity contribution is 6.09. The molecule has 7 nitrogen and oxygen atoms in total. The summed E-state index contributed by atoms with van der Waals surface area (Å²) in [6.45, 7) is 0. The van der Waals surface area contributed by atoms with Crippen molar-refractivity contribution in [1.29, 1.82) is 0 Å². The van der Waals surface area contributed by atoms with Gasteiger partial charge in [0.05, 0.1) is 12.0 Å². The number of aromatic nitrogens is 2. The first-order chi connectivity index (χ1) is 12.5. The van der Waals surface area contributed by atoms with Gasteiger partial charge >= 0.3 is 0 Å². The van der Waals surface area contributed by atoms with E-state index in [-0.39, 0.29) is 17.8 Å². The van der Waals surface area contributed by atoms with Crippen LogP contribution in [-0.4, -0.2) is 27.6 Å². The quantitative estimate of drug-likeness (QED) is 0.557. The van der Waals surface area contributed by atoms with Crippen LogP contribution in [0, 0.1) is 0 Å². The van der Waals surface area contributed by atoms with Crippen LogP contribution in [0.15, 0.2) is 42.7 Å². The minimum atomic E-state index is -0.649. The number of aromatic amines is 1. The molecule has 5 N–H and O–H groups in total. The zero-order valence-electron chi connectivity index (χ0n) is 14.0. The number of nitrogens with zero attached hydrogens (tertiary/aromatic N) is 1. The van der Waals surface area contributed by atoms with E-state index in [2.05, 4.69) is 9.97 Å². The number of fused-ring (bicyclic) bond motifs is 1. The van der Waals surface area contributed by atoms with Crippen LogP contribution < -0.4 is 11.5 Å². The van der Waals surface area contributed by atoms with E-state index in [9.17, 15) is 14.4 Å². The highest BCUT2D eigenvalue weighted by atomic mass is 16.1. The monoisotopic (exact) mass is 350 g/mol. The summed E-state index contributed by atoms with van der Waals surface area (Å²) < 4.78 is 0. The minimum absolute atomic E-state index is 0.0182. The molecule has 0 saturated carbocycles. The van der Waals surface area contributed by atoms with Gasteiger partial charge in [0.25, 0.3) is 5.91 Å². The molecule has 1 aromatic carbocycles. The summed E-state index contributed by atoms with van der Waals surface area (Å²) in [5.74, 6) is -1.24. The summed E-state index contributed by atoms with van der Waals surface area (Å²) in [4.78, 5) is 42.3. The largest absolute Gasteiger partial charge is 0.369 e. The van der Waals surface area contributed by atoms with Gasteiger partial charge in [0, 0.05) is 41.0 Å². The maximum Gasteiger partial charge on any atom is 0.251 e. The van der Waals surface area contributed by atoms with Crippen molar-refractivity contribution >= 4 is 28.5 Å². The van der Waals surface area contributed by atoms with Crippen molar-refractivity contribution in [2.75, 3.05) is 0 Å². The Morgan fingerprint density at radius 1 is 1.04 bits per heavy atom. The molecular formula is C19H18N4O3. The molecule has 0 saturated heterocycles. The summed E-state index contributed by atoms with van der Waals surface area (Å²) in [6.07, 6.45) is 4.22. The molecule has 0 spiro atoms. The third-order valence-electron chi connectivity index (χ3n) is 4.19. The Labute approximate surface area is 149 Å². The maximum atomic E-state index is 12.5. The first-order valence-electron chi connectivity index (χ1n) is 8.10. The van der Waals surface area contributed by atoms with Gasteiger partial charge in [-0.2, -0.15) is 0 Å². The molecule has 0 atom stereocenters. The number of primary amides is 2. The second-order valence-corrected chi connectivity index (χ2v) is 6.02. The van der Waals surface area contributed by atoms with E-state index in [1.165, 1.54) is 0 Å². The number of ketones is 1. The van der Waals surface area contributed by atoms with Crippen molar-refractivity contribution in [3.8, 4) is 0 Å². The van der Waals surface area contributed by atoms with E-state index in [0.29, 0.717) is 35.0 Å². The molecule has 0 bridgehead atoms. The highest BCUT2D eigenvalue weighted by Gasteiger charge is 2.18. The van der Waals surface area contributed by atoms with Crippen molar-refractivity contribution in [3.05, 3.63) is 65.1 Å². The van der Waals surface area contributed by atoms with Gasteiger partial charge in [0.15, 0.2) is 5.78 Å². The van der Waals surface area contributed by atoms with E-state index in [4.69, 9.17) is 11.5 Å². The number of benzene rings is 1. The minimum Gasteiger partial charge on any atom is -0.369 e. The number of hydrogen-bond donors (Lipinski definition) is 3. The lowest BCUT2D eigenvalue weighted by molar-refractivity contribution is -0.117. The van der Waals surface area contributed by atoms with Crippen LogP contribution in [0.2, 0.25) is 0 Å². The summed E-state index contributed by atoms with van der Waals surface area (Å²) in [5.41, 5.74) is 13.4. The third kappa shape index (κ3) is 3.61. The summed E-state index contributed by atoms with van der Waals surface area (Å²) in [7, 11) is 0. The molecule has 0 aliphatic carbocycles. The van der Waals surface area contributed by atoms with Crippen LogP contribution in [-0.2, 0) is 17.6 Å². The van der Waals surface area contributed by atoms with Gasteiger partial charge in [0.1, 0.15) is 0 Å². The molecule has 0 aliphatic heterocycles. The van der Waals surface area contributed by atoms with E-state index in [1.54, 1.807) is 30.6 Å². The van der Waals surface area contributed by atoms with Crippen LogP contribution in [0.5, 0.6) is 0 Å². The van der Waals surface area contributed by atoms with Crippen molar-refractivity contribution in [1.82, 2.24) is 9.97 Å². The number of hydrogen-bond acceptors (Lipinski definition) is 4. The first-order valence-corrected chi connectivity index (χ1v) is 8.10. The lowest BCUT2D eigenvalue weighted by atomic mass is 10.0. The Morgan fingerprint density at radius 3 is 2.42 bits per heavy atom. The summed E-state index contributed by atoms with van der Waals surface area (Å²) >= 11 is 0. The molecule has 132 valence electrons. The average Bonchev–Trinajstić information content (AvgIpc) is 2.96. The summed E-state index contributed by atoms with van der Waals surface area (Å²) in [6, 6.07) is 8.73. The molecule has 7 heteroatoms. The fourth-order valence-corrected chi connectivity index (χ4v) is 2.97. The Bertz CT molecular complexity index is 993. The Kier molecular flexibility index (Phi) is 4.79. The lowest BCUT2D eigenvalue weighted by Gasteiger charge is -2.02. The molecule has 3 aromatic rings. The predicted molar refractivity (Wildman–Crippen MR) is 96.6 cm³/mol. The topological polar surface area (TPSA) is 132 Å². The number of amides is 2. The van der Waals surface area contributed by atoms with Crippen molar-refractivity contribution < 1.29 is 14.4 Å². The smallest absolute Gasteiger partial charge is 0.251 e. The van der Waals surface area contributed by atoms with E-state index in [0.717, 1.165) is 5.56 Å². The van der Waals surface area contributed by atoms with Crippen LogP contribution in [0.3, 0.4) is 0 Å². The normalized spacial score (nSPS) is 10.8. The number of aryl methyl sites for hydroxylation is 1. The molecule has 3 rings (SSSR count). The van der Waals surface area contributed by atoms with Crippen LogP contribution in [0.4, 0.5) is 0 Å². The third-order valence-corrected chi connectivity index (χ3v) is 4.19. The number of nitrogens with one attached hydrogen (secondary N) is 1. The zero-order valence-corrected chi connectivity index (χ0v) is 14.0. The lowest BCUT2D eigenvalue weighted by Crippen LogP contribution is -2.18. The zero-order chi connectivity index (χ0) is 18.7. The molecule has 2 aromatic heterocycles. The van der Waals surface area contributed by atoms with Crippen LogP contribution >= 0.6 is 0 Å². The molecule has 0 aliphatic rings. The number of rotatable bonds is 7. The van der Waals surface area contributed by atoms with Gasteiger partial charge in [-0.05, 0) is 30.2 Å². The Balaban J connectivity index is 1.87. The van der Waals surface area contributed by atoms with Gasteiger partial charge in [-0.1, -0.05) is 12.1 Å². The van der Waals surface area contributed by atoms with Crippen molar-refractivity contribution in [2.24, 2.45) is 11.5 Å². The number of carbonyl (C=O) groups excluding carboxylic acids is 3. The molecule has 0 radical (unpaired) electrons. The van der Waals surface area contributed by atoms with E-state index >= 15 is 0 Å². The Hall–Kier alpha value is -3.48. The summed E-state index contributed by atoms with van der Waals surface area (Å²) in [5, 5.41) is 0.569. The standard InChI is InChI=1S/C19H18N4O3/c20-17(25)10-15-18(19(21)26)13-3-2-12(9-14(13)23-15)16(24)4-1-11-5-7-22-8-6-11/h2-3,5-9,23H,1,4,10H2,(H2,20,25)(H2,21,26). The maximum absolute atomic E-state index is 12.5. The van der Waals surface area contributed by atoms with Gasteiger partial charge in [0.2, 0.25) is 5.91 Å². The SMILES string of the molecule is NC(=O)Cc1[nH]c2cc(C(=O)CCc3ccncc3)ccc2c1C(N)=O. The van der Waals surface area contributed by atoms with Crippen LogP contribution in [0.25, 0.3) is 10.9 Å². The second kappa shape index (κ2) is 7.18. The number of carbonyl (C=O) groups is 3. The molecular weight excluding hydrogens is 332 g/mol. The predicted octanol–water partition coefficient (Wildman–Crippen LogP) is 1.51. The van der Waals surface area contributed by atoms with Crippen molar-refractivity contribution in [3.63, 3.8) is 0 Å².